The smallest absolute Gasteiger partial charge is 0.405 e. The molecule has 0 bridgehead atoms. The Morgan fingerprint density at radius 1 is 1.28 bits per heavy atom. The van der Waals surface area contributed by atoms with Crippen molar-refractivity contribution in [3.63, 3.8) is 0 Å². The van der Waals surface area contributed by atoms with Crippen LogP contribution in [0.4, 0.5) is 18.9 Å². The second-order valence-electron chi connectivity index (χ2n) is 5.78. The van der Waals surface area contributed by atoms with Crippen LogP contribution in [0.25, 0.3) is 5.69 Å². The molecule has 3 aromatic rings. The van der Waals surface area contributed by atoms with E-state index in [1.54, 1.807) is 24.4 Å². The molecule has 1 aromatic heterocycles. The second kappa shape index (κ2) is 8.76. The average molecular weight is 443 g/mol. The summed E-state index contributed by atoms with van der Waals surface area (Å²) in [7, 11) is 0. The quantitative estimate of drug-likeness (QED) is 0.546. The summed E-state index contributed by atoms with van der Waals surface area (Å²) in [6.45, 7) is 0. The molecule has 6 nitrogen and oxygen atoms in total. The van der Waals surface area contributed by atoms with Gasteiger partial charge in [0.1, 0.15) is 5.75 Å². The lowest BCUT2D eigenvalue weighted by Crippen LogP contribution is -2.20. The number of halogens is 4. The van der Waals surface area contributed by atoms with Crippen LogP contribution in [0.5, 0.6) is 5.75 Å². The summed E-state index contributed by atoms with van der Waals surface area (Å²) in [5.74, 6) is -0.926. The summed E-state index contributed by atoms with van der Waals surface area (Å²) >= 11 is 6.83. The number of benzene rings is 2. The molecule has 152 valence electrons. The van der Waals surface area contributed by atoms with E-state index in [-0.39, 0.29) is 12.0 Å². The topological polar surface area (TPSA) is 82.2 Å². The van der Waals surface area contributed by atoms with Crippen LogP contribution in [-0.4, -0.2) is 22.1 Å². The van der Waals surface area contributed by atoms with Crippen molar-refractivity contribution < 1.29 is 22.7 Å². The number of aromatic nitrogens is 2. The van der Waals surface area contributed by atoms with Crippen LogP contribution >= 0.6 is 23.5 Å². The molecule has 0 saturated heterocycles. The number of hydrogen-bond donors (Lipinski definition) is 2. The first kappa shape index (κ1) is 21.0. The average Bonchev–Trinajstić information content (AvgIpc) is 3.08. The number of ether oxygens (including phenoxy) is 1. The van der Waals surface area contributed by atoms with Crippen LogP contribution in [-0.2, 0) is 11.2 Å². The Kier molecular flexibility index (Phi) is 6.36. The number of anilines is 1. The number of nitrogens with zero attached hydrogens (tertiary/aromatic N) is 2. The second-order valence-corrected chi connectivity index (χ2v) is 6.90. The number of carbonyl (C=O) groups is 1. The third-order valence-electron chi connectivity index (χ3n) is 3.72. The van der Waals surface area contributed by atoms with Gasteiger partial charge in [-0.05, 0) is 36.2 Å². The molecule has 3 rings (SSSR count). The van der Waals surface area contributed by atoms with Crippen LogP contribution in [0.3, 0.4) is 0 Å². The van der Waals surface area contributed by atoms with Gasteiger partial charge in [0, 0.05) is 17.4 Å². The van der Waals surface area contributed by atoms with Crippen molar-refractivity contribution >= 4 is 35.1 Å². The number of para-hydroxylation sites is 1. The van der Waals surface area contributed by atoms with Gasteiger partial charge in [-0.3, -0.25) is 9.93 Å². The Hall–Kier alpha value is -2.69. The van der Waals surface area contributed by atoms with Crippen LogP contribution < -0.4 is 15.2 Å². The largest absolute Gasteiger partial charge is 0.573 e. The lowest BCUT2D eigenvalue weighted by Gasteiger charge is -2.14. The minimum absolute atomic E-state index is 0.110. The maximum atomic E-state index is 12.5. The molecular weight excluding hydrogens is 429 g/mol. The van der Waals surface area contributed by atoms with Gasteiger partial charge in [-0.15, -0.1) is 13.2 Å². The van der Waals surface area contributed by atoms with E-state index >= 15 is 0 Å². The Morgan fingerprint density at radius 2 is 2.03 bits per heavy atom. The summed E-state index contributed by atoms with van der Waals surface area (Å²) in [6.07, 6.45) is -2.06. The van der Waals surface area contributed by atoms with Crippen LogP contribution in [0, 0.1) is 0 Å². The van der Waals surface area contributed by atoms with Gasteiger partial charge in [0.05, 0.1) is 28.2 Å². The number of alkyl halides is 3. The SMILES string of the molecule is NSc1cc(NC(=O)Cc2ccccc2OC(F)(F)F)ccc1-n1cc(Cl)cn1. The predicted octanol–water partition coefficient (Wildman–Crippen LogP) is 4.57. The van der Waals surface area contributed by atoms with Gasteiger partial charge >= 0.3 is 6.36 Å². The third kappa shape index (κ3) is 5.66. The Bertz CT molecular complexity index is 1030. The Morgan fingerprint density at radius 3 is 2.69 bits per heavy atom. The molecule has 0 radical (unpaired) electrons. The maximum absolute atomic E-state index is 12.5. The highest BCUT2D eigenvalue weighted by molar-refractivity contribution is 7.97. The third-order valence-corrected chi connectivity index (χ3v) is 4.49. The summed E-state index contributed by atoms with van der Waals surface area (Å²) in [5.41, 5.74) is 1.20. The lowest BCUT2D eigenvalue weighted by molar-refractivity contribution is -0.274. The summed E-state index contributed by atoms with van der Waals surface area (Å²) in [5, 5.41) is 12.9. The fourth-order valence-corrected chi connectivity index (χ4v) is 3.17. The van der Waals surface area contributed by atoms with Crippen LogP contribution in [0.2, 0.25) is 5.02 Å². The molecule has 3 N–H and O–H groups in total. The van der Waals surface area contributed by atoms with Gasteiger partial charge in [0.15, 0.2) is 0 Å². The molecule has 0 aliphatic rings. The fraction of sp³-hybridized carbons (Fsp3) is 0.111. The van der Waals surface area contributed by atoms with E-state index in [4.69, 9.17) is 16.7 Å². The van der Waals surface area contributed by atoms with Gasteiger partial charge in [-0.2, -0.15) is 5.10 Å². The van der Waals surface area contributed by atoms with E-state index < -0.39 is 18.0 Å². The van der Waals surface area contributed by atoms with E-state index in [9.17, 15) is 18.0 Å². The summed E-state index contributed by atoms with van der Waals surface area (Å²) < 4.78 is 43.1. The molecule has 1 amide bonds. The van der Waals surface area contributed by atoms with Crippen molar-refractivity contribution in [2.75, 3.05) is 5.32 Å². The molecule has 0 saturated carbocycles. The number of amides is 1. The van der Waals surface area contributed by atoms with E-state index in [0.717, 1.165) is 18.0 Å². The highest BCUT2D eigenvalue weighted by Gasteiger charge is 2.32. The van der Waals surface area contributed by atoms with Gasteiger partial charge in [0.2, 0.25) is 5.91 Å². The Labute approximate surface area is 172 Å². The lowest BCUT2D eigenvalue weighted by atomic mass is 10.1. The van der Waals surface area contributed by atoms with Gasteiger partial charge in [0.25, 0.3) is 0 Å². The molecule has 0 spiro atoms. The monoisotopic (exact) mass is 442 g/mol. The van der Waals surface area contributed by atoms with Gasteiger partial charge in [-0.25, -0.2) is 4.68 Å². The number of carbonyl (C=O) groups excluding carboxylic acids is 1. The Balaban J connectivity index is 1.75. The molecule has 29 heavy (non-hydrogen) atoms. The van der Waals surface area contributed by atoms with Crippen molar-refractivity contribution in [2.45, 2.75) is 17.7 Å². The standard InChI is InChI=1S/C18H14ClF3N4O2S/c19-12-9-24-26(10-12)14-6-5-13(8-16(14)29-23)25-17(27)7-11-3-1-2-4-15(11)28-18(20,21)22/h1-6,8-10H,7,23H2,(H,25,27). The van der Waals surface area contributed by atoms with Crippen LogP contribution in [0.15, 0.2) is 59.8 Å². The van der Waals surface area contributed by atoms with Crippen LogP contribution in [0.1, 0.15) is 5.56 Å². The molecular formula is C18H14ClF3N4O2S. The molecule has 11 heteroatoms. The van der Waals surface area contributed by atoms with Gasteiger partial charge < -0.3 is 10.1 Å². The minimum atomic E-state index is -4.84. The van der Waals surface area contributed by atoms with Crippen molar-refractivity contribution in [2.24, 2.45) is 5.14 Å². The zero-order valence-electron chi connectivity index (χ0n) is 14.6. The first-order valence-electron chi connectivity index (χ1n) is 8.10. The normalized spacial score (nSPS) is 11.3. The van der Waals surface area contributed by atoms with E-state index in [1.165, 1.54) is 29.1 Å². The van der Waals surface area contributed by atoms with E-state index in [0.29, 0.717) is 21.3 Å². The van der Waals surface area contributed by atoms with E-state index in [1.807, 2.05) is 0 Å². The zero-order valence-corrected chi connectivity index (χ0v) is 16.2. The minimum Gasteiger partial charge on any atom is -0.405 e. The fourth-order valence-electron chi connectivity index (χ4n) is 2.56. The first-order chi connectivity index (χ1) is 13.7. The maximum Gasteiger partial charge on any atom is 0.573 e. The molecule has 0 unspecified atom stereocenters. The summed E-state index contributed by atoms with van der Waals surface area (Å²) in [4.78, 5) is 13.0. The van der Waals surface area contributed by atoms with Crippen molar-refractivity contribution in [1.29, 1.82) is 0 Å². The number of hydrogen-bond acceptors (Lipinski definition) is 5. The molecule has 1 heterocycles. The molecule has 0 fully saturated rings. The van der Waals surface area contributed by atoms with E-state index in [2.05, 4.69) is 15.2 Å². The van der Waals surface area contributed by atoms with Crippen molar-refractivity contribution in [3.05, 3.63) is 65.4 Å². The highest BCUT2D eigenvalue weighted by Crippen LogP contribution is 2.28. The van der Waals surface area contributed by atoms with Crippen molar-refractivity contribution in [1.82, 2.24) is 9.78 Å². The number of nitrogens with two attached hydrogens (primary N) is 1. The molecule has 2 aromatic carbocycles. The number of nitrogens with one attached hydrogen (secondary N) is 1. The summed E-state index contributed by atoms with van der Waals surface area (Å²) in [6, 6.07) is 10.4. The van der Waals surface area contributed by atoms with Crippen molar-refractivity contribution in [3.8, 4) is 11.4 Å². The molecule has 0 atom stereocenters. The highest BCUT2D eigenvalue weighted by atomic mass is 35.5. The van der Waals surface area contributed by atoms with Gasteiger partial charge in [-0.1, -0.05) is 29.8 Å². The molecule has 0 aliphatic carbocycles. The predicted molar refractivity (Wildman–Crippen MR) is 104 cm³/mol. The zero-order chi connectivity index (χ0) is 21.0. The first-order valence-corrected chi connectivity index (χ1v) is 9.36. The molecule has 0 aliphatic heterocycles. The number of rotatable bonds is 6.